The van der Waals surface area contributed by atoms with Crippen molar-refractivity contribution in [3.8, 4) is 5.75 Å². The minimum atomic E-state index is -0.299. The molecule has 0 amide bonds. The Balaban J connectivity index is 1.44. The molecule has 0 aliphatic carbocycles. The number of rotatable bonds is 7. The lowest BCUT2D eigenvalue weighted by Gasteiger charge is -2.24. The molecular formula is C24H26N6O2. The summed E-state index contributed by atoms with van der Waals surface area (Å²) in [6, 6.07) is 18.9. The Labute approximate surface area is 186 Å². The zero-order valence-corrected chi connectivity index (χ0v) is 18.1. The van der Waals surface area contributed by atoms with E-state index in [0.717, 1.165) is 16.5 Å². The molecular weight excluding hydrogens is 404 g/mol. The first-order valence-electron chi connectivity index (χ1n) is 10.3. The Bertz CT molecular complexity index is 1270. The van der Waals surface area contributed by atoms with Crippen molar-refractivity contribution in [1.29, 1.82) is 0 Å². The molecule has 164 valence electrons. The lowest BCUT2D eigenvalue weighted by Crippen LogP contribution is -2.26. The summed E-state index contributed by atoms with van der Waals surface area (Å²) in [6.07, 6.45) is 2.94. The van der Waals surface area contributed by atoms with Gasteiger partial charge in [0.2, 0.25) is 0 Å². The Morgan fingerprint density at radius 2 is 1.84 bits per heavy atom. The minimum absolute atomic E-state index is 0.272. The molecule has 0 aliphatic rings. The van der Waals surface area contributed by atoms with Crippen LogP contribution in [0.5, 0.6) is 5.75 Å². The molecule has 0 unspecified atom stereocenters. The largest absolute Gasteiger partial charge is 0.424 e. The molecule has 0 radical (unpaired) electrons. The second-order valence-corrected chi connectivity index (χ2v) is 7.56. The van der Waals surface area contributed by atoms with Crippen LogP contribution in [0.15, 0.2) is 66.9 Å². The number of esters is 1. The topological polar surface area (TPSA) is 111 Å². The van der Waals surface area contributed by atoms with E-state index < -0.39 is 0 Å². The van der Waals surface area contributed by atoms with Crippen LogP contribution in [0.3, 0.4) is 0 Å². The molecule has 0 spiro atoms. The lowest BCUT2D eigenvalue weighted by molar-refractivity contribution is -0.134. The van der Waals surface area contributed by atoms with Gasteiger partial charge in [-0.15, -0.1) is 0 Å². The van der Waals surface area contributed by atoms with Crippen LogP contribution in [0, 0.1) is 0 Å². The van der Waals surface area contributed by atoms with E-state index in [-0.39, 0.29) is 18.2 Å². The number of nitrogens with one attached hydrogen (secondary N) is 1. The van der Waals surface area contributed by atoms with E-state index in [9.17, 15) is 4.79 Å². The van der Waals surface area contributed by atoms with E-state index in [1.54, 1.807) is 30.3 Å². The van der Waals surface area contributed by atoms with Gasteiger partial charge >= 0.3 is 5.97 Å². The van der Waals surface area contributed by atoms with Gasteiger partial charge in [0.15, 0.2) is 11.6 Å². The molecule has 0 aliphatic heterocycles. The Morgan fingerprint density at radius 3 is 2.66 bits per heavy atom. The van der Waals surface area contributed by atoms with Crippen molar-refractivity contribution >= 4 is 39.9 Å². The maximum absolute atomic E-state index is 12.6. The van der Waals surface area contributed by atoms with Crippen molar-refractivity contribution in [2.75, 3.05) is 28.9 Å². The van der Waals surface area contributed by atoms with Crippen LogP contribution < -0.4 is 26.6 Å². The highest BCUT2D eigenvalue weighted by molar-refractivity contribution is 5.84. The van der Waals surface area contributed by atoms with Gasteiger partial charge in [0.25, 0.3) is 0 Å². The lowest BCUT2D eigenvalue weighted by atomic mass is 10.1. The van der Waals surface area contributed by atoms with Crippen LogP contribution in [0.2, 0.25) is 0 Å². The number of pyridine rings is 1. The number of fused-ring (bicyclic) bond motifs is 1. The zero-order chi connectivity index (χ0) is 22.7. The third-order valence-corrected chi connectivity index (χ3v) is 5.26. The molecule has 4 aromatic rings. The van der Waals surface area contributed by atoms with E-state index in [0.29, 0.717) is 29.4 Å². The van der Waals surface area contributed by atoms with Gasteiger partial charge in [0.1, 0.15) is 5.82 Å². The third kappa shape index (κ3) is 4.44. The van der Waals surface area contributed by atoms with Crippen LogP contribution in [-0.2, 0) is 18.3 Å². The smallest absolute Gasteiger partial charge is 0.311 e. The van der Waals surface area contributed by atoms with Gasteiger partial charge in [-0.3, -0.25) is 15.2 Å². The maximum Gasteiger partial charge on any atom is 0.311 e. The first-order valence-corrected chi connectivity index (χ1v) is 10.3. The average Bonchev–Trinajstić information content (AvgIpc) is 3.10. The zero-order valence-electron chi connectivity index (χ0n) is 18.1. The molecule has 0 bridgehead atoms. The van der Waals surface area contributed by atoms with Gasteiger partial charge in [-0.1, -0.05) is 30.3 Å². The van der Waals surface area contributed by atoms with Gasteiger partial charge in [-0.05, 0) is 42.3 Å². The summed E-state index contributed by atoms with van der Waals surface area (Å²) in [6.45, 7) is 0. The highest BCUT2D eigenvalue weighted by atomic mass is 16.5. The number of hydrogen-bond acceptors (Lipinski definition) is 7. The number of nitrogens with zero attached hydrogens (tertiary/aromatic N) is 3. The number of aromatic nitrogens is 2. The Hall–Kier alpha value is -4.20. The van der Waals surface area contributed by atoms with E-state index >= 15 is 0 Å². The van der Waals surface area contributed by atoms with Crippen molar-refractivity contribution in [1.82, 2.24) is 9.55 Å². The molecule has 4 rings (SSSR count). The van der Waals surface area contributed by atoms with Crippen LogP contribution in [-0.4, -0.2) is 22.6 Å². The fraction of sp³-hybridized carbons (Fsp3) is 0.167. The molecule has 2 heterocycles. The summed E-state index contributed by atoms with van der Waals surface area (Å²) in [7, 11) is 3.81. The molecule has 2 aromatic heterocycles. The first-order chi connectivity index (χ1) is 15.4. The third-order valence-electron chi connectivity index (χ3n) is 5.26. The molecule has 0 saturated carbocycles. The number of carbonyl (C=O) groups excluding carboxylic acids is 1. The Morgan fingerprint density at radius 1 is 1.09 bits per heavy atom. The number of nitrogens with two attached hydrogens (primary N) is 2. The monoisotopic (exact) mass is 430 g/mol. The van der Waals surface area contributed by atoms with Crippen molar-refractivity contribution in [3.05, 3.63) is 72.4 Å². The number of aryl methyl sites for hydroxylation is 2. The van der Waals surface area contributed by atoms with Crippen LogP contribution >= 0.6 is 0 Å². The summed E-state index contributed by atoms with van der Waals surface area (Å²) in [5, 5.41) is 2.87. The van der Waals surface area contributed by atoms with Crippen LogP contribution in [0.4, 0.5) is 23.0 Å². The number of ether oxygens (including phenoxy) is 1. The SMILES string of the molecule is CN(Nc1ccc(N)nc1N)c1ccccc1OC(=O)CCc1cn(C)c2ccccc12. The number of hydrogen-bond donors (Lipinski definition) is 3. The van der Waals surface area contributed by atoms with Gasteiger partial charge < -0.3 is 20.8 Å². The molecule has 0 saturated heterocycles. The quantitative estimate of drug-likeness (QED) is 0.233. The average molecular weight is 431 g/mol. The normalized spacial score (nSPS) is 10.8. The van der Waals surface area contributed by atoms with Crippen LogP contribution in [0.1, 0.15) is 12.0 Å². The summed E-state index contributed by atoms with van der Waals surface area (Å²) < 4.78 is 7.77. The summed E-state index contributed by atoms with van der Waals surface area (Å²) >= 11 is 0. The molecule has 0 fully saturated rings. The van der Waals surface area contributed by atoms with Gasteiger partial charge in [0, 0.05) is 31.2 Å². The summed E-state index contributed by atoms with van der Waals surface area (Å²) in [4.78, 5) is 16.7. The number of anilines is 4. The number of carbonyl (C=O) groups is 1. The standard InChI is InChI=1S/C24H26N6O2/c1-29-15-16(17-7-3-4-8-19(17)29)11-14-23(31)32-21-10-6-5-9-20(21)30(2)28-18-12-13-22(25)27-24(18)26/h3-10,12-13,15,28H,11,14H2,1-2H3,(H4,25,26,27). The second kappa shape index (κ2) is 8.89. The van der Waals surface area contributed by atoms with Crippen LogP contribution in [0.25, 0.3) is 10.9 Å². The molecule has 5 N–H and O–H groups in total. The number of benzene rings is 2. The molecule has 8 nitrogen and oxygen atoms in total. The van der Waals surface area contributed by atoms with Gasteiger partial charge in [0.05, 0.1) is 17.8 Å². The predicted octanol–water partition coefficient (Wildman–Crippen LogP) is 3.74. The molecule has 2 aromatic carbocycles. The summed E-state index contributed by atoms with van der Waals surface area (Å²) in [5.74, 6) is 0.775. The van der Waals surface area contributed by atoms with Crippen molar-refractivity contribution < 1.29 is 9.53 Å². The number of nitrogen functional groups attached to an aromatic ring is 2. The minimum Gasteiger partial charge on any atom is -0.424 e. The fourth-order valence-electron chi connectivity index (χ4n) is 3.68. The van der Waals surface area contributed by atoms with Gasteiger partial charge in [-0.25, -0.2) is 4.98 Å². The van der Waals surface area contributed by atoms with Crippen molar-refractivity contribution in [2.45, 2.75) is 12.8 Å². The number of hydrazine groups is 1. The van der Waals surface area contributed by atoms with E-state index in [1.807, 2.05) is 37.4 Å². The first kappa shape index (κ1) is 21.0. The van der Waals surface area contributed by atoms with E-state index in [4.69, 9.17) is 16.2 Å². The summed E-state index contributed by atoms with van der Waals surface area (Å²) in [5.41, 5.74) is 18.3. The second-order valence-electron chi connectivity index (χ2n) is 7.56. The van der Waals surface area contributed by atoms with E-state index in [2.05, 4.69) is 33.3 Å². The molecule has 8 heteroatoms. The fourth-order valence-corrected chi connectivity index (χ4v) is 3.68. The predicted molar refractivity (Wildman–Crippen MR) is 128 cm³/mol. The van der Waals surface area contributed by atoms with Gasteiger partial charge in [-0.2, -0.15) is 0 Å². The number of para-hydroxylation sites is 3. The highest BCUT2D eigenvalue weighted by Gasteiger charge is 2.15. The molecule has 32 heavy (non-hydrogen) atoms. The maximum atomic E-state index is 12.6. The molecule has 0 atom stereocenters. The Kier molecular flexibility index (Phi) is 5.85. The highest BCUT2D eigenvalue weighted by Crippen LogP contribution is 2.29. The van der Waals surface area contributed by atoms with Crippen molar-refractivity contribution in [3.63, 3.8) is 0 Å². The van der Waals surface area contributed by atoms with Crippen molar-refractivity contribution in [2.24, 2.45) is 7.05 Å². The van der Waals surface area contributed by atoms with E-state index in [1.165, 1.54) is 0 Å².